The first-order chi connectivity index (χ1) is 6.79. The van der Waals surface area contributed by atoms with Crippen LogP contribution >= 0.6 is 0 Å². The van der Waals surface area contributed by atoms with Crippen LogP contribution in [0.2, 0.25) is 0 Å². The molecule has 0 saturated carbocycles. The highest BCUT2D eigenvalue weighted by Crippen LogP contribution is 2.22. The summed E-state index contributed by atoms with van der Waals surface area (Å²) in [4.78, 5) is 0. The van der Waals surface area contributed by atoms with Crippen LogP contribution < -0.4 is 10.5 Å². The summed E-state index contributed by atoms with van der Waals surface area (Å²) in [7, 11) is 0. The molecule has 1 aromatic carbocycles. The number of nitrogens with one attached hydrogen (secondary N) is 1. The fourth-order valence-electron chi connectivity index (χ4n) is 1.08. The van der Waals surface area contributed by atoms with Gasteiger partial charge in [0.05, 0.1) is 0 Å². The first kappa shape index (κ1) is 11.5. The van der Waals surface area contributed by atoms with Crippen LogP contribution in [0.15, 0.2) is 18.2 Å². The number of ether oxygens (including phenoxy) is 1. The molecule has 0 atom stereocenters. The van der Waals surface area contributed by atoms with Gasteiger partial charge in [-0.15, -0.1) is 0 Å². The first-order valence-electron chi connectivity index (χ1n) is 4.62. The first-order valence-corrected chi connectivity index (χ1v) is 4.62. The molecular formula is C11H15FN2O. The van der Waals surface area contributed by atoms with E-state index in [0.29, 0.717) is 5.56 Å². The summed E-state index contributed by atoms with van der Waals surface area (Å²) in [5, 5.41) is 7.15. The number of benzene rings is 1. The molecule has 0 bridgehead atoms. The Kier molecular flexibility index (Phi) is 2.98. The van der Waals surface area contributed by atoms with Gasteiger partial charge in [0.1, 0.15) is 11.4 Å². The van der Waals surface area contributed by atoms with E-state index in [-0.39, 0.29) is 11.6 Å². The van der Waals surface area contributed by atoms with Crippen LogP contribution in [-0.4, -0.2) is 11.4 Å². The average Bonchev–Trinajstić information content (AvgIpc) is 2.05. The van der Waals surface area contributed by atoms with Crippen molar-refractivity contribution >= 4 is 5.84 Å². The van der Waals surface area contributed by atoms with Crippen LogP contribution in [0.3, 0.4) is 0 Å². The van der Waals surface area contributed by atoms with E-state index in [1.807, 2.05) is 20.8 Å². The van der Waals surface area contributed by atoms with Gasteiger partial charge in [-0.05, 0) is 39.0 Å². The third-order valence-electron chi connectivity index (χ3n) is 1.66. The van der Waals surface area contributed by atoms with Gasteiger partial charge in [0.2, 0.25) is 0 Å². The van der Waals surface area contributed by atoms with E-state index < -0.39 is 11.4 Å². The van der Waals surface area contributed by atoms with Crippen molar-refractivity contribution in [3.63, 3.8) is 0 Å². The second kappa shape index (κ2) is 3.88. The van der Waals surface area contributed by atoms with Crippen LogP contribution in [0.1, 0.15) is 26.3 Å². The average molecular weight is 210 g/mol. The van der Waals surface area contributed by atoms with Gasteiger partial charge in [-0.1, -0.05) is 0 Å². The Hall–Kier alpha value is -1.58. The van der Waals surface area contributed by atoms with Crippen molar-refractivity contribution in [1.29, 1.82) is 5.41 Å². The number of nitrogens with two attached hydrogens (primary N) is 1. The molecule has 3 N–H and O–H groups in total. The number of amidine groups is 1. The van der Waals surface area contributed by atoms with Gasteiger partial charge in [-0.3, -0.25) is 5.41 Å². The Morgan fingerprint density at radius 2 is 2.00 bits per heavy atom. The highest BCUT2D eigenvalue weighted by molar-refractivity contribution is 5.95. The quantitative estimate of drug-likeness (QED) is 0.581. The van der Waals surface area contributed by atoms with Gasteiger partial charge in [0, 0.05) is 5.56 Å². The van der Waals surface area contributed by atoms with Crippen molar-refractivity contribution in [2.45, 2.75) is 26.4 Å². The van der Waals surface area contributed by atoms with Crippen molar-refractivity contribution in [2.75, 3.05) is 0 Å². The number of hydrogen-bond donors (Lipinski definition) is 2. The predicted molar refractivity (Wildman–Crippen MR) is 57.8 cm³/mol. The maximum absolute atomic E-state index is 13.5. The number of halogens is 1. The van der Waals surface area contributed by atoms with Gasteiger partial charge >= 0.3 is 0 Å². The molecular weight excluding hydrogens is 195 g/mol. The predicted octanol–water partition coefficient (Wildman–Crippen LogP) is 2.29. The van der Waals surface area contributed by atoms with Crippen molar-refractivity contribution in [1.82, 2.24) is 0 Å². The lowest BCUT2D eigenvalue weighted by molar-refractivity contribution is 0.124. The van der Waals surface area contributed by atoms with E-state index in [0.717, 1.165) is 0 Å². The van der Waals surface area contributed by atoms with Gasteiger partial charge in [-0.25, -0.2) is 4.39 Å². The zero-order valence-corrected chi connectivity index (χ0v) is 9.10. The van der Waals surface area contributed by atoms with Gasteiger partial charge in [0.15, 0.2) is 11.6 Å². The van der Waals surface area contributed by atoms with E-state index >= 15 is 0 Å². The van der Waals surface area contributed by atoms with E-state index in [1.54, 1.807) is 6.07 Å². The Balaban J connectivity index is 2.99. The molecule has 0 spiro atoms. The zero-order valence-electron chi connectivity index (χ0n) is 9.10. The third kappa shape index (κ3) is 3.23. The maximum atomic E-state index is 13.5. The van der Waals surface area contributed by atoms with E-state index in [2.05, 4.69) is 0 Å². The summed E-state index contributed by atoms with van der Waals surface area (Å²) in [6, 6.07) is 4.24. The molecule has 0 unspecified atom stereocenters. The molecule has 0 radical (unpaired) electrons. The Labute approximate surface area is 88.6 Å². The van der Waals surface area contributed by atoms with E-state index in [9.17, 15) is 4.39 Å². The minimum Gasteiger partial charge on any atom is -0.485 e. The third-order valence-corrected chi connectivity index (χ3v) is 1.66. The summed E-state index contributed by atoms with van der Waals surface area (Å²) in [6.45, 7) is 5.52. The molecule has 82 valence electrons. The lowest BCUT2D eigenvalue weighted by atomic mass is 10.1. The minimum atomic E-state index is -0.502. The molecule has 0 heterocycles. The number of hydrogen-bond acceptors (Lipinski definition) is 2. The molecule has 3 nitrogen and oxygen atoms in total. The van der Waals surface area contributed by atoms with Gasteiger partial charge in [0.25, 0.3) is 0 Å². The van der Waals surface area contributed by atoms with Crippen LogP contribution in [0.5, 0.6) is 5.75 Å². The zero-order chi connectivity index (χ0) is 11.6. The lowest BCUT2D eigenvalue weighted by Gasteiger charge is -2.21. The van der Waals surface area contributed by atoms with Gasteiger partial charge in [-0.2, -0.15) is 0 Å². The van der Waals surface area contributed by atoms with Crippen molar-refractivity contribution in [3.05, 3.63) is 29.6 Å². The summed E-state index contributed by atoms with van der Waals surface area (Å²) in [5.74, 6) is -0.485. The molecule has 0 aromatic heterocycles. The Bertz CT molecular complexity index is 383. The topological polar surface area (TPSA) is 59.1 Å². The fourth-order valence-corrected chi connectivity index (χ4v) is 1.08. The molecule has 1 aromatic rings. The highest BCUT2D eigenvalue weighted by atomic mass is 19.1. The molecule has 1 rings (SSSR count). The van der Waals surface area contributed by atoms with Crippen molar-refractivity contribution in [2.24, 2.45) is 5.73 Å². The summed E-state index contributed by atoms with van der Waals surface area (Å²) in [6.07, 6.45) is 0. The summed E-state index contributed by atoms with van der Waals surface area (Å²) in [5.41, 5.74) is 5.15. The smallest absolute Gasteiger partial charge is 0.165 e. The normalized spacial score (nSPS) is 11.2. The maximum Gasteiger partial charge on any atom is 0.165 e. The number of rotatable bonds is 2. The fraction of sp³-hybridized carbons (Fsp3) is 0.364. The molecule has 0 aliphatic rings. The van der Waals surface area contributed by atoms with Crippen LogP contribution in [0.25, 0.3) is 0 Å². The highest BCUT2D eigenvalue weighted by Gasteiger charge is 2.15. The van der Waals surface area contributed by atoms with E-state index in [1.165, 1.54) is 12.1 Å². The van der Waals surface area contributed by atoms with E-state index in [4.69, 9.17) is 15.9 Å². The summed E-state index contributed by atoms with van der Waals surface area (Å²) >= 11 is 0. The molecule has 0 saturated heterocycles. The monoisotopic (exact) mass is 210 g/mol. The number of nitrogen functional groups attached to an aromatic ring is 1. The van der Waals surface area contributed by atoms with Crippen LogP contribution in [0, 0.1) is 11.2 Å². The van der Waals surface area contributed by atoms with Crippen LogP contribution in [0.4, 0.5) is 4.39 Å². The molecule has 0 aliphatic carbocycles. The standard InChI is InChI=1S/C11H15FN2O/c1-11(2,3)15-9-5-4-7(10(13)14)6-8(9)12/h4-6H,1-3H3,(H3,13,14). The Morgan fingerprint density at radius 3 is 2.40 bits per heavy atom. The van der Waals surface area contributed by atoms with Crippen LogP contribution in [-0.2, 0) is 0 Å². The SMILES string of the molecule is CC(C)(C)Oc1ccc(C(=N)N)cc1F. The molecule has 4 heteroatoms. The molecule has 0 fully saturated rings. The van der Waals surface area contributed by atoms with Gasteiger partial charge < -0.3 is 10.5 Å². The molecule has 0 aliphatic heterocycles. The Morgan fingerprint density at radius 1 is 1.40 bits per heavy atom. The lowest BCUT2D eigenvalue weighted by Crippen LogP contribution is -2.23. The minimum absolute atomic E-state index is 0.156. The summed E-state index contributed by atoms with van der Waals surface area (Å²) < 4.78 is 18.8. The second-order valence-corrected chi connectivity index (χ2v) is 4.27. The largest absolute Gasteiger partial charge is 0.485 e. The molecule has 15 heavy (non-hydrogen) atoms. The van der Waals surface area contributed by atoms with Crippen molar-refractivity contribution < 1.29 is 9.13 Å². The van der Waals surface area contributed by atoms with Crippen molar-refractivity contribution in [3.8, 4) is 5.75 Å². The second-order valence-electron chi connectivity index (χ2n) is 4.27. The molecule has 0 amide bonds.